The highest BCUT2D eigenvalue weighted by atomic mass is 15.1. The largest absolute Gasteiger partial charge is 0.300 e. The summed E-state index contributed by atoms with van der Waals surface area (Å²) >= 11 is 0. The van der Waals surface area contributed by atoms with E-state index in [2.05, 4.69) is 89.2 Å². The Hall–Kier alpha value is -2.09. The summed E-state index contributed by atoms with van der Waals surface area (Å²) in [5, 5.41) is 0. The first-order valence-corrected chi connectivity index (χ1v) is 10.1. The lowest BCUT2D eigenvalue weighted by Crippen LogP contribution is -2.33. The highest BCUT2D eigenvalue weighted by Crippen LogP contribution is 2.51. The van der Waals surface area contributed by atoms with Crippen LogP contribution in [-0.2, 0) is 0 Å². The number of rotatable bonds is 4. The standard InChI is InChI=1S/C25H34N2/c1-8-19(9-2)23-26-22(16-27(23)21-12-10-18(3)11-13-21)20-14-24(4,5)17-25(6,7)15-20/h8-13,16,20H,1,14-15,17H2,2-7H3/b19-9+. The van der Waals surface area contributed by atoms with Gasteiger partial charge in [0.25, 0.3) is 0 Å². The van der Waals surface area contributed by atoms with Crippen molar-refractivity contribution in [1.29, 1.82) is 0 Å². The maximum atomic E-state index is 5.13. The van der Waals surface area contributed by atoms with Crippen LogP contribution in [0.1, 0.15) is 76.9 Å². The molecule has 1 heterocycles. The molecule has 0 amide bonds. The van der Waals surface area contributed by atoms with Gasteiger partial charge in [0.15, 0.2) is 0 Å². The Morgan fingerprint density at radius 1 is 1.11 bits per heavy atom. The number of aryl methyl sites for hydroxylation is 1. The summed E-state index contributed by atoms with van der Waals surface area (Å²) < 4.78 is 2.24. The monoisotopic (exact) mass is 362 g/mol. The molecule has 0 bridgehead atoms. The fourth-order valence-corrected chi connectivity index (χ4v) is 5.09. The van der Waals surface area contributed by atoms with E-state index in [9.17, 15) is 0 Å². The smallest absolute Gasteiger partial charge is 0.144 e. The van der Waals surface area contributed by atoms with Gasteiger partial charge in [-0.05, 0) is 56.1 Å². The fourth-order valence-electron chi connectivity index (χ4n) is 5.09. The lowest BCUT2D eigenvalue weighted by Gasteiger charge is -2.44. The molecular formula is C25H34N2. The molecule has 0 saturated heterocycles. The number of imidazole rings is 1. The minimum Gasteiger partial charge on any atom is -0.300 e. The van der Waals surface area contributed by atoms with Gasteiger partial charge < -0.3 is 0 Å². The molecule has 0 radical (unpaired) electrons. The molecule has 0 atom stereocenters. The zero-order valence-corrected chi connectivity index (χ0v) is 17.8. The third-order valence-electron chi connectivity index (χ3n) is 5.80. The molecule has 1 aliphatic carbocycles. The van der Waals surface area contributed by atoms with E-state index in [4.69, 9.17) is 4.98 Å². The molecule has 144 valence electrons. The van der Waals surface area contributed by atoms with Gasteiger partial charge in [-0.3, -0.25) is 4.57 Å². The number of allylic oxidation sites excluding steroid dienone is 3. The van der Waals surface area contributed by atoms with E-state index in [-0.39, 0.29) is 0 Å². The molecule has 2 nitrogen and oxygen atoms in total. The highest BCUT2D eigenvalue weighted by molar-refractivity contribution is 5.70. The average Bonchev–Trinajstić information content (AvgIpc) is 2.99. The van der Waals surface area contributed by atoms with Gasteiger partial charge in [0, 0.05) is 23.4 Å². The second-order valence-corrected chi connectivity index (χ2v) is 9.75. The van der Waals surface area contributed by atoms with Gasteiger partial charge in [0.05, 0.1) is 5.69 Å². The number of hydrogen-bond acceptors (Lipinski definition) is 1. The third-order valence-corrected chi connectivity index (χ3v) is 5.80. The predicted molar refractivity (Wildman–Crippen MR) is 116 cm³/mol. The molecule has 27 heavy (non-hydrogen) atoms. The summed E-state index contributed by atoms with van der Waals surface area (Å²) in [6, 6.07) is 8.68. The maximum absolute atomic E-state index is 5.13. The van der Waals surface area contributed by atoms with E-state index < -0.39 is 0 Å². The van der Waals surface area contributed by atoms with Crippen LogP contribution in [0.4, 0.5) is 0 Å². The molecular weight excluding hydrogens is 328 g/mol. The van der Waals surface area contributed by atoms with Crippen molar-refractivity contribution < 1.29 is 0 Å². The molecule has 0 unspecified atom stereocenters. The van der Waals surface area contributed by atoms with E-state index in [0.717, 1.165) is 17.1 Å². The van der Waals surface area contributed by atoms with Crippen LogP contribution < -0.4 is 0 Å². The normalized spacial score (nSPS) is 19.9. The van der Waals surface area contributed by atoms with Crippen molar-refractivity contribution in [2.45, 2.75) is 66.7 Å². The van der Waals surface area contributed by atoms with Gasteiger partial charge in [-0.2, -0.15) is 0 Å². The highest BCUT2D eigenvalue weighted by Gasteiger charge is 2.40. The summed E-state index contributed by atoms with van der Waals surface area (Å²) in [5.41, 5.74) is 5.42. The van der Waals surface area contributed by atoms with Crippen LogP contribution in [0.3, 0.4) is 0 Å². The van der Waals surface area contributed by atoms with Gasteiger partial charge in [-0.25, -0.2) is 4.98 Å². The molecule has 1 aliphatic rings. The number of nitrogens with zero attached hydrogens (tertiary/aromatic N) is 2. The first-order chi connectivity index (χ1) is 12.6. The first kappa shape index (κ1) is 19.7. The van der Waals surface area contributed by atoms with Crippen LogP contribution in [0.25, 0.3) is 11.3 Å². The van der Waals surface area contributed by atoms with Gasteiger partial charge in [-0.1, -0.05) is 64.1 Å². The van der Waals surface area contributed by atoms with Crippen molar-refractivity contribution in [3.05, 3.63) is 66.3 Å². The zero-order valence-electron chi connectivity index (χ0n) is 17.8. The summed E-state index contributed by atoms with van der Waals surface area (Å²) in [6.45, 7) is 17.8. The van der Waals surface area contributed by atoms with Crippen LogP contribution in [-0.4, -0.2) is 9.55 Å². The van der Waals surface area contributed by atoms with Gasteiger partial charge >= 0.3 is 0 Å². The molecule has 1 fully saturated rings. The summed E-state index contributed by atoms with van der Waals surface area (Å²) in [6.07, 6.45) is 9.92. The minimum absolute atomic E-state index is 0.349. The summed E-state index contributed by atoms with van der Waals surface area (Å²) in [7, 11) is 0. The molecule has 0 spiro atoms. The van der Waals surface area contributed by atoms with E-state index in [0.29, 0.717) is 16.7 Å². The number of benzene rings is 1. The van der Waals surface area contributed by atoms with E-state index >= 15 is 0 Å². The van der Waals surface area contributed by atoms with Crippen LogP contribution in [0.15, 0.2) is 49.2 Å². The molecule has 2 heteroatoms. The van der Waals surface area contributed by atoms with Crippen molar-refractivity contribution in [2.75, 3.05) is 0 Å². The Balaban J connectivity index is 2.08. The Labute approximate surface area is 165 Å². The van der Waals surface area contributed by atoms with E-state index in [1.807, 2.05) is 6.08 Å². The average molecular weight is 363 g/mol. The van der Waals surface area contributed by atoms with Crippen molar-refractivity contribution in [2.24, 2.45) is 10.8 Å². The Kier molecular flexibility index (Phi) is 5.20. The lowest BCUT2D eigenvalue weighted by molar-refractivity contribution is 0.0956. The zero-order chi connectivity index (χ0) is 19.8. The predicted octanol–water partition coefficient (Wildman–Crippen LogP) is 7.09. The van der Waals surface area contributed by atoms with Crippen LogP contribution in [0, 0.1) is 17.8 Å². The van der Waals surface area contributed by atoms with Crippen LogP contribution in [0.5, 0.6) is 0 Å². The van der Waals surface area contributed by atoms with Gasteiger partial charge in [0.1, 0.15) is 5.82 Å². The molecule has 1 aromatic carbocycles. The quantitative estimate of drug-likeness (QED) is 0.531. The first-order valence-electron chi connectivity index (χ1n) is 10.1. The van der Waals surface area contributed by atoms with Gasteiger partial charge in [-0.15, -0.1) is 0 Å². The Bertz CT molecular complexity index is 831. The summed E-state index contributed by atoms with van der Waals surface area (Å²) in [4.78, 5) is 5.13. The molecule has 0 aliphatic heterocycles. The van der Waals surface area contributed by atoms with Crippen molar-refractivity contribution in [3.8, 4) is 5.69 Å². The number of aromatic nitrogens is 2. The minimum atomic E-state index is 0.349. The molecule has 1 saturated carbocycles. The third kappa shape index (κ3) is 4.26. The van der Waals surface area contributed by atoms with Crippen LogP contribution >= 0.6 is 0 Å². The Morgan fingerprint density at radius 3 is 2.22 bits per heavy atom. The second-order valence-electron chi connectivity index (χ2n) is 9.75. The lowest BCUT2D eigenvalue weighted by atomic mass is 9.61. The van der Waals surface area contributed by atoms with E-state index in [1.165, 1.54) is 30.5 Å². The number of hydrogen-bond donors (Lipinski definition) is 0. The second kappa shape index (κ2) is 7.14. The fraction of sp³-hybridized carbons (Fsp3) is 0.480. The van der Waals surface area contributed by atoms with Crippen molar-refractivity contribution >= 4 is 5.57 Å². The topological polar surface area (TPSA) is 17.8 Å². The molecule has 0 N–H and O–H groups in total. The molecule has 3 rings (SSSR count). The maximum Gasteiger partial charge on any atom is 0.144 e. The Morgan fingerprint density at radius 2 is 1.70 bits per heavy atom. The molecule has 1 aromatic heterocycles. The van der Waals surface area contributed by atoms with Crippen LogP contribution in [0.2, 0.25) is 0 Å². The summed E-state index contributed by atoms with van der Waals surface area (Å²) in [5.74, 6) is 1.49. The SMILES string of the molecule is C=C/C(=C\C)c1nc(C2CC(C)(C)CC(C)(C)C2)cn1-c1ccc(C)cc1. The van der Waals surface area contributed by atoms with E-state index in [1.54, 1.807) is 0 Å². The van der Waals surface area contributed by atoms with Crippen molar-refractivity contribution in [1.82, 2.24) is 9.55 Å². The van der Waals surface area contributed by atoms with Crippen molar-refractivity contribution in [3.63, 3.8) is 0 Å². The van der Waals surface area contributed by atoms with Gasteiger partial charge in [0.2, 0.25) is 0 Å². The molecule has 2 aromatic rings.